The summed E-state index contributed by atoms with van der Waals surface area (Å²) in [7, 11) is 0. The zero-order valence-electron chi connectivity index (χ0n) is 12.6. The fourth-order valence-electron chi connectivity index (χ4n) is 2.67. The van der Waals surface area contributed by atoms with Crippen molar-refractivity contribution in [1.29, 1.82) is 0 Å². The van der Waals surface area contributed by atoms with Crippen LogP contribution >= 0.6 is 0 Å². The Morgan fingerprint density at radius 2 is 2.27 bits per heavy atom. The number of allylic oxidation sites excluding steroid dienone is 2. The average Bonchev–Trinajstić information content (AvgIpc) is 2.45. The third kappa shape index (κ3) is 3.00. The molecule has 2 aliphatic rings. The average molecular weight is 310 g/mol. The quantitative estimate of drug-likeness (QED) is 0.765. The molecule has 0 aromatic heterocycles. The maximum Gasteiger partial charge on any atom is 0.335 e. The van der Waals surface area contributed by atoms with E-state index in [9.17, 15) is 18.7 Å². The van der Waals surface area contributed by atoms with E-state index in [2.05, 4.69) is 11.2 Å². The van der Waals surface area contributed by atoms with E-state index in [4.69, 9.17) is 6.42 Å². The summed E-state index contributed by atoms with van der Waals surface area (Å²) in [6.07, 6.45) is 7.28. The number of nitrogens with zero attached hydrogens (tertiary/aromatic N) is 1. The summed E-state index contributed by atoms with van der Waals surface area (Å²) in [5, 5.41) is 12.4. The maximum atomic E-state index is 13.8. The number of carboxylic acid groups (broad SMARTS) is 1. The number of hydrogen-bond donors (Lipinski definition) is 2. The third-order valence-corrected chi connectivity index (χ3v) is 4.42. The van der Waals surface area contributed by atoms with E-state index in [-0.39, 0.29) is 11.6 Å². The summed E-state index contributed by atoms with van der Waals surface area (Å²) >= 11 is 0. The summed E-state index contributed by atoms with van der Waals surface area (Å²) < 4.78 is 26.9. The Balaban J connectivity index is 2.34. The predicted molar refractivity (Wildman–Crippen MR) is 79.1 cm³/mol. The summed E-state index contributed by atoms with van der Waals surface area (Å²) in [6, 6.07) is -0.140. The standard InChI is InChI=1S/C16H20F2N2O2/c1-4-16(3,5-2)20-9-11(18)8-13(15(21)22)14(20)19-12-6-10(17)7-12/h1,8-10,12,14,19H,5-7H2,2-3H3,(H,21,22). The van der Waals surface area contributed by atoms with E-state index in [1.165, 1.54) is 11.1 Å². The first kappa shape index (κ1) is 16.5. The lowest BCUT2D eigenvalue weighted by molar-refractivity contribution is -0.133. The smallest absolute Gasteiger partial charge is 0.335 e. The molecule has 1 fully saturated rings. The monoisotopic (exact) mass is 310 g/mol. The Morgan fingerprint density at radius 3 is 2.73 bits per heavy atom. The van der Waals surface area contributed by atoms with Gasteiger partial charge in [-0.2, -0.15) is 0 Å². The van der Waals surface area contributed by atoms with Gasteiger partial charge in [0.05, 0.1) is 11.1 Å². The van der Waals surface area contributed by atoms with Crippen molar-refractivity contribution in [2.45, 2.75) is 57.0 Å². The molecule has 0 bridgehead atoms. The Hall–Kier alpha value is -1.87. The van der Waals surface area contributed by atoms with Gasteiger partial charge < -0.3 is 10.0 Å². The van der Waals surface area contributed by atoms with Gasteiger partial charge in [0.2, 0.25) is 0 Å². The van der Waals surface area contributed by atoms with Crippen LogP contribution < -0.4 is 5.32 Å². The van der Waals surface area contributed by atoms with Gasteiger partial charge in [-0.1, -0.05) is 12.8 Å². The number of hydrogen-bond acceptors (Lipinski definition) is 3. The van der Waals surface area contributed by atoms with Gasteiger partial charge in [0.1, 0.15) is 18.2 Å². The molecular weight excluding hydrogens is 290 g/mol. The van der Waals surface area contributed by atoms with Crippen LogP contribution in [0.1, 0.15) is 33.1 Å². The van der Waals surface area contributed by atoms with Gasteiger partial charge >= 0.3 is 5.97 Å². The number of carboxylic acids is 1. The molecule has 1 saturated carbocycles. The van der Waals surface area contributed by atoms with E-state index in [1.54, 1.807) is 6.92 Å². The van der Waals surface area contributed by atoms with Crippen LogP contribution in [-0.2, 0) is 4.79 Å². The Labute approximate surface area is 128 Å². The molecule has 0 saturated heterocycles. The van der Waals surface area contributed by atoms with Crippen LogP contribution in [0.4, 0.5) is 8.78 Å². The SMILES string of the molecule is C#CC(C)(CC)N1C=C(F)C=C(C(=O)O)C1NC1CC(F)C1. The highest BCUT2D eigenvalue weighted by Gasteiger charge is 2.41. The maximum absolute atomic E-state index is 13.8. The third-order valence-electron chi connectivity index (χ3n) is 4.42. The van der Waals surface area contributed by atoms with Gasteiger partial charge in [-0.05, 0) is 32.3 Å². The lowest BCUT2D eigenvalue weighted by Gasteiger charge is -2.46. The van der Waals surface area contributed by atoms with Crippen molar-refractivity contribution in [2.75, 3.05) is 0 Å². The van der Waals surface area contributed by atoms with Crippen LogP contribution in [0.2, 0.25) is 0 Å². The van der Waals surface area contributed by atoms with Crippen molar-refractivity contribution in [2.24, 2.45) is 0 Å². The molecule has 1 heterocycles. The summed E-state index contributed by atoms with van der Waals surface area (Å²) in [6.45, 7) is 3.59. The van der Waals surface area contributed by atoms with E-state index in [0.29, 0.717) is 19.3 Å². The van der Waals surface area contributed by atoms with E-state index in [0.717, 1.165) is 6.08 Å². The zero-order valence-corrected chi connectivity index (χ0v) is 12.6. The Kier molecular flexibility index (Phi) is 4.57. The normalized spacial score (nSPS) is 30.5. The van der Waals surface area contributed by atoms with Crippen molar-refractivity contribution < 1.29 is 18.7 Å². The minimum Gasteiger partial charge on any atom is -0.478 e. The van der Waals surface area contributed by atoms with Crippen LogP contribution in [0.25, 0.3) is 0 Å². The fourth-order valence-corrected chi connectivity index (χ4v) is 2.67. The number of terminal acetylenes is 1. The van der Waals surface area contributed by atoms with Crippen LogP contribution in [-0.4, -0.2) is 39.9 Å². The molecule has 22 heavy (non-hydrogen) atoms. The van der Waals surface area contributed by atoms with Gasteiger partial charge in [-0.25, -0.2) is 13.6 Å². The Bertz CT molecular complexity index is 561. The number of rotatable bonds is 5. The molecule has 1 aliphatic heterocycles. The van der Waals surface area contributed by atoms with Gasteiger partial charge in [-0.3, -0.25) is 5.32 Å². The minimum atomic E-state index is -1.22. The first-order chi connectivity index (χ1) is 10.3. The lowest BCUT2D eigenvalue weighted by Crippen LogP contribution is -2.60. The van der Waals surface area contributed by atoms with Crippen molar-refractivity contribution in [1.82, 2.24) is 10.2 Å². The summed E-state index contributed by atoms with van der Waals surface area (Å²) in [4.78, 5) is 13.0. The number of alkyl halides is 1. The topological polar surface area (TPSA) is 52.6 Å². The zero-order chi connectivity index (χ0) is 16.5. The predicted octanol–water partition coefficient (Wildman–Crippen LogP) is 2.34. The minimum absolute atomic E-state index is 0.128. The molecule has 4 nitrogen and oxygen atoms in total. The molecule has 2 rings (SSSR count). The molecule has 1 aliphatic carbocycles. The first-order valence-corrected chi connectivity index (χ1v) is 7.29. The number of halogens is 2. The van der Waals surface area contributed by atoms with E-state index in [1.807, 2.05) is 6.92 Å². The highest BCUT2D eigenvalue weighted by atomic mass is 19.1. The van der Waals surface area contributed by atoms with E-state index < -0.39 is 29.7 Å². The first-order valence-electron chi connectivity index (χ1n) is 7.29. The lowest BCUT2D eigenvalue weighted by atomic mass is 9.88. The molecule has 2 unspecified atom stereocenters. The van der Waals surface area contributed by atoms with Crippen molar-refractivity contribution in [3.63, 3.8) is 0 Å². The van der Waals surface area contributed by atoms with Crippen molar-refractivity contribution in [3.05, 3.63) is 23.7 Å². The molecule has 2 atom stereocenters. The van der Waals surface area contributed by atoms with Gasteiger partial charge in [-0.15, -0.1) is 6.42 Å². The van der Waals surface area contributed by atoms with Gasteiger partial charge in [0.25, 0.3) is 0 Å². The molecule has 0 radical (unpaired) electrons. The second kappa shape index (κ2) is 6.09. The fraction of sp³-hybridized carbons (Fsp3) is 0.562. The summed E-state index contributed by atoms with van der Waals surface area (Å²) in [5.74, 6) is 0.717. The van der Waals surface area contributed by atoms with Gasteiger partial charge in [0.15, 0.2) is 0 Å². The molecule has 0 aromatic carbocycles. The highest BCUT2D eigenvalue weighted by Crippen LogP contribution is 2.32. The molecule has 2 N–H and O–H groups in total. The van der Waals surface area contributed by atoms with Crippen LogP contribution in [0, 0.1) is 12.3 Å². The molecule has 0 amide bonds. The second-order valence-electron chi connectivity index (χ2n) is 5.93. The van der Waals surface area contributed by atoms with Crippen LogP contribution in [0.5, 0.6) is 0 Å². The van der Waals surface area contributed by atoms with Crippen molar-refractivity contribution in [3.8, 4) is 12.3 Å². The van der Waals surface area contributed by atoms with Gasteiger partial charge in [0, 0.05) is 12.2 Å². The number of aliphatic carboxylic acids is 1. The second-order valence-corrected chi connectivity index (χ2v) is 5.93. The molecule has 120 valence electrons. The number of carbonyl (C=O) groups is 1. The molecule has 0 aromatic rings. The Morgan fingerprint density at radius 1 is 1.64 bits per heavy atom. The van der Waals surface area contributed by atoms with Crippen LogP contribution in [0.3, 0.4) is 0 Å². The largest absolute Gasteiger partial charge is 0.478 e. The van der Waals surface area contributed by atoms with Crippen molar-refractivity contribution >= 4 is 5.97 Å². The van der Waals surface area contributed by atoms with Crippen LogP contribution in [0.15, 0.2) is 23.7 Å². The summed E-state index contributed by atoms with van der Waals surface area (Å²) in [5.41, 5.74) is -0.972. The highest BCUT2D eigenvalue weighted by molar-refractivity contribution is 5.89. The molecule has 6 heteroatoms. The number of nitrogens with one attached hydrogen (secondary N) is 1. The molecular formula is C16H20F2N2O2. The molecule has 0 spiro atoms. The van der Waals surface area contributed by atoms with E-state index >= 15 is 0 Å².